The van der Waals surface area contributed by atoms with Crippen LogP contribution in [0.5, 0.6) is 0 Å². The average Bonchev–Trinajstić information content (AvgIpc) is 3.34. The van der Waals surface area contributed by atoms with Crippen LogP contribution in [-0.2, 0) is 33.2 Å². The van der Waals surface area contributed by atoms with Crippen molar-refractivity contribution in [2.75, 3.05) is 26.4 Å². The molecule has 0 aromatic carbocycles. The Kier molecular flexibility index (Phi) is 31.1. The normalized spacial score (nSPS) is 33.2. The van der Waals surface area contributed by atoms with E-state index in [0.717, 1.165) is 25.7 Å². The lowest BCUT2D eigenvalue weighted by molar-refractivity contribution is -0.379. The van der Waals surface area contributed by atoms with Gasteiger partial charge in [-0.05, 0) is 12.8 Å². The van der Waals surface area contributed by atoms with Gasteiger partial charge in [-0.1, -0.05) is 154 Å². The Morgan fingerprint density at radius 2 is 0.897 bits per heavy atom. The van der Waals surface area contributed by atoms with Crippen molar-refractivity contribution in [2.45, 2.75) is 266 Å². The third kappa shape index (κ3) is 20.6. The zero-order valence-corrected chi connectivity index (χ0v) is 40.8. The maximum Gasteiger partial charge on any atom is 0.220 e. The molecular weight excluding hydrogens is 891 g/mol. The highest BCUT2D eigenvalue weighted by atomic mass is 16.8. The fraction of sp³-hybridized carbons (Fsp3) is 0.939. The van der Waals surface area contributed by atoms with Crippen molar-refractivity contribution >= 4 is 5.91 Å². The standard InChI is InChI=1S/C49H91NO18/c1-3-5-6-7-8-9-10-11-12-13-14-15-16-17-18-19-20-21-22-23-24-25-26-27-33(54)32(50-37(55)4-2)31-63-47-43(61)40(58)45(35(29-52)65-47)68-49-44(62)41(59)46(36(30-53)66-49)67-48-42(60)39(57)38(56)34(28-51)64-48/h26-27,32-36,38-49,51-54,56-62H,3-25,28-31H2,1-2H3,(H,50,55)/b27-26+. The molecule has 0 saturated carbocycles. The van der Waals surface area contributed by atoms with E-state index >= 15 is 0 Å². The first-order valence-corrected chi connectivity index (χ1v) is 25.9. The van der Waals surface area contributed by atoms with Crippen molar-refractivity contribution in [3.05, 3.63) is 12.2 Å². The third-order valence-electron chi connectivity index (χ3n) is 13.4. The summed E-state index contributed by atoms with van der Waals surface area (Å²) in [7, 11) is 0. The van der Waals surface area contributed by atoms with Crippen LogP contribution in [-0.4, -0.2) is 193 Å². The number of allylic oxidation sites excluding steroid dienone is 1. The van der Waals surface area contributed by atoms with Gasteiger partial charge in [-0.3, -0.25) is 4.79 Å². The predicted molar refractivity (Wildman–Crippen MR) is 250 cm³/mol. The number of unbranched alkanes of at least 4 members (excludes halogenated alkanes) is 21. The number of aliphatic hydroxyl groups is 11. The molecule has 400 valence electrons. The van der Waals surface area contributed by atoms with Crippen molar-refractivity contribution in [3.63, 3.8) is 0 Å². The number of amides is 1. The second-order valence-electron chi connectivity index (χ2n) is 19.0. The summed E-state index contributed by atoms with van der Waals surface area (Å²) >= 11 is 0. The smallest absolute Gasteiger partial charge is 0.220 e. The van der Waals surface area contributed by atoms with Gasteiger partial charge in [0.05, 0.1) is 38.6 Å². The van der Waals surface area contributed by atoms with Crippen LogP contribution in [0.3, 0.4) is 0 Å². The zero-order chi connectivity index (χ0) is 49.8. The molecular formula is C49H91NO18. The number of ether oxygens (including phenoxy) is 6. The second-order valence-corrected chi connectivity index (χ2v) is 19.0. The molecule has 1 amide bonds. The molecule has 0 aliphatic carbocycles. The highest BCUT2D eigenvalue weighted by Crippen LogP contribution is 2.33. The summed E-state index contributed by atoms with van der Waals surface area (Å²) in [6.45, 7) is 1.14. The van der Waals surface area contributed by atoms with Crippen molar-refractivity contribution in [1.29, 1.82) is 0 Å². The molecule has 3 aliphatic rings. The van der Waals surface area contributed by atoms with Gasteiger partial charge in [-0.25, -0.2) is 0 Å². The van der Waals surface area contributed by atoms with Crippen molar-refractivity contribution in [3.8, 4) is 0 Å². The van der Waals surface area contributed by atoms with Crippen LogP contribution in [0.2, 0.25) is 0 Å². The minimum absolute atomic E-state index is 0.126. The van der Waals surface area contributed by atoms with E-state index in [4.69, 9.17) is 28.4 Å². The molecule has 3 heterocycles. The molecule has 3 rings (SSSR count). The molecule has 0 aromatic rings. The minimum Gasteiger partial charge on any atom is -0.394 e. The lowest BCUT2D eigenvalue weighted by Crippen LogP contribution is -2.66. The van der Waals surface area contributed by atoms with E-state index in [1.165, 1.54) is 116 Å². The summed E-state index contributed by atoms with van der Waals surface area (Å²) < 4.78 is 33.7. The first kappa shape index (κ1) is 60.8. The molecule has 0 aromatic heterocycles. The Morgan fingerprint density at radius 3 is 1.32 bits per heavy atom. The molecule has 0 spiro atoms. The molecule has 0 radical (unpaired) electrons. The molecule has 19 heteroatoms. The Hall–Kier alpha value is -1.47. The van der Waals surface area contributed by atoms with Crippen molar-refractivity contribution < 1.29 is 89.4 Å². The molecule has 19 nitrogen and oxygen atoms in total. The van der Waals surface area contributed by atoms with Crippen LogP contribution in [0, 0.1) is 0 Å². The van der Waals surface area contributed by atoms with Gasteiger partial charge in [0, 0.05) is 6.42 Å². The number of rotatable bonds is 36. The van der Waals surface area contributed by atoms with E-state index in [2.05, 4.69) is 12.2 Å². The Balaban J connectivity index is 1.36. The van der Waals surface area contributed by atoms with Crippen LogP contribution in [0.4, 0.5) is 0 Å². The number of hydrogen-bond acceptors (Lipinski definition) is 18. The molecule has 3 aliphatic heterocycles. The lowest BCUT2D eigenvalue weighted by atomic mass is 9.96. The fourth-order valence-corrected chi connectivity index (χ4v) is 8.98. The maximum absolute atomic E-state index is 12.4. The number of carbonyl (C=O) groups excluding carboxylic acids is 1. The maximum atomic E-state index is 12.4. The molecule has 17 unspecified atom stereocenters. The molecule has 0 bridgehead atoms. The molecule has 3 saturated heterocycles. The van der Waals surface area contributed by atoms with Gasteiger partial charge in [-0.2, -0.15) is 0 Å². The second kappa shape index (κ2) is 34.8. The van der Waals surface area contributed by atoms with E-state index in [-0.39, 0.29) is 18.9 Å². The lowest BCUT2D eigenvalue weighted by Gasteiger charge is -2.48. The summed E-state index contributed by atoms with van der Waals surface area (Å²) in [6.07, 6.45) is 5.08. The molecule has 3 fully saturated rings. The highest BCUT2D eigenvalue weighted by molar-refractivity contribution is 5.75. The monoisotopic (exact) mass is 982 g/mol. The quantitative estimate of drug-likeness (QED) is 0.0315. The minimum atomic E-state index is -1.97. The summed E-state index contributed by atoms with van der Waals surface area (Å²) in [4.78, 5) is 12.4. The summed E-state index contributed by atoms with van der Waals surface area (Å²) in [5.41, 5.74) is 0. The third-order valence-corrected chi connectivity index (χ3v) is 13.4. The largest absolute Gasteiger partial charge is 0.394 e. The van der Waals surface area contributed by atoms with E-state index in [9.17, 15) is 61.0 Å². The topological polar surface area (TPSA) is 307 Å². The van der Waals surface area contributed by atoms with E-state index in [1.54, 1.807) is 13.0 Å². The van der Waals surface area contributed by atoms with Crippen molar-refractivity contribution in [1.82, 2.24) is 5.32 Å². The first-order chi connectivity index (χ1) is 32.8. The fourth-order valence-electron chi connectivity index (χ4n) is 8.98. The Bertz CT molecular complexity index is 1310. The molecule has 68 heavy (non-hydrogen) atoms. The van der Waals surface area contributed by atoms with Gasteiger partial charge in [-0.15, -0.1) is 0 Å². The number of carbonyl (C=O) groups is 1. The van der Waals surface area contributed by atoms with Gasteiger partial charge < -0.3 is 89.9 Å². The summed E-state index contributed by atoms with van der Waals surface area (Å²) in [5, 5.41) is 118. The number of aliphatic hydroxyl groups excluding tert-OH is 11. The van der Waals surface area contributed by atoms with Gasteiger partial charge in [0.15, 0.2) is 18.9 Å². The van der Waals surface area contributed by atoms with Gasteiger partial charge in [0.2, 0.25) is 5.91 Å². The van der Waals surface area contributed by atoms with Gasteiger partial charge in [0.25, 0.3) is 0 Å². The average molecular weight is 982 g/mol. The summed E-state index contributed by atoms with van der Waals surface area (Å²) in [6, 6.07) is -0.964. The van der Waals surface area contributed by atoms with Crippen LogP contribution in [0.15, 0.2) is 12.2 Å². The predicted octanol–water partition coefficient (Wildman–Crippen LogP) is 1.87. The SMILES string of the molecule is CCCCCCCCCCCCCCCCCCCCCCC/C=C/C(O)C(COC1OC(CO)C(OC2OC(CO)C(OC3OC(CO)C(O)C(O)C3O)C(O)C2O)C(O)C1O)NC(=O)CC. The Labute approximate surface area is 404 Å². The van der Waals surface area contributed by atoms with E-state index in [1.807, 2.05) is 6.08 Å². The van der Waals surface area contributed by atoms with Gasteiger partial charge >= 0.3 is 0 Å². The molecule has 17 atom stereocenters. The van der Waals surface area contributed by atoms with Crippen molar-refractivity contribution in [2.24, 2.45) is 0 Å². The van der Waals surface area contributed by atoms with Crippen LogP contribution in [0.25, 0.3) is 0 Å². The number of hydrogen-bond donors (Lipinski definition) is 12. The highest BCUT2D eigenvalue weighted by Gasteiger charge is 2.53. The van der Waals surface area contributed by atoms with E-state index < -0.39 is 124 Å². The first-order valence-electron chi connectivity index (χ1n) is 25.9. The zero-order valence-electron chi connectivity index (χ0n) is 40.8. The van der Waals surface area contributed by atoms with Crippen LogP contribution >= 0.6 is 0 Å². The van der Waals surface area contributed by atoms with E-state index in [0.29, 0.717) is 0 Å². The number of nitrogens with one attached hydrogen (secondary N) is 1. The van der Waals surface area contributed by atoms with Crippen LogP contribution < -0.4 is 5.32 Å². The summed E-state index contributed by atoms with van der Waals surface area (Å²) in [5.74, 6) is -0.363. The Morgan fingerprint density at radius 1 is 0.515 bits per heavy atom. The van der Waals surface area contributed by atoms with Gasteiger partial charge in [0.1, 0.15) is 73.2 Å². The molecule has 12 N–H and O–H groups in total. The van der Waals surface area contributed by atoms with Crippen LogP contribution in [0.1, 0.15) is 162 Å².